The molecule has 0 aliphatic carbocycles. The predicted molar refractivity (Wildman–Crippen MR) is 197 cm³/mol. The molecule has 268 valence electrons. The predicted octanol–water partition coefficient (Wildman–Crippen LogP) is 7.90. The van der Waals surface area contributed by atoms with Crippen molar-refractivity contribution in [2.45, 2.75) is 71.5 Å². The van der Waals surface area contributed by atoms with E-state index in [2.05, 4.69) is 23.5 Å². The van der Waals surface area contributed by atoms with Crippen LogP contribution >= 0.6 is 0 Å². The molecule has 0 spiro atoms. The maximum absolute atomic E-state index is 13.6. The summed E-state index contributed by atoms with van der Waals surface area (Å²) in [4.78, 5) is 16.1. The standard InChI is InChI=1S/C30H42N2O5S.C7H8O3S/c1-6-8-17-32(18-9-7-2)19-10-20-36-25-14-11-23(12-15-25)29(33)28-26-21-24(31-38(5,34)35)13-16-27(26)37-30(28)22(3)4;8-11(9,10)6-7-4-2-1-3-5-7/h11-16,21-22,31H,6-10,17-20H2,1-5H3;1-5H,6H2,(H,8,9,10). The number of furan rings is 1. The van der Waals surface area contributed by atoms with Crippen molar-refractivity contribution in [3.63, 3.8) is 0 Å². The maximum Gasteiger partial charge on any atom is 0.269 e. The lowest BCUT2D eigenvalue weighted by molar-refractivity contribution is 0.103. The zero-order chi connectivity index (χ0) is 36.0. The zero-order valence-corrected chi connectivity index (χ0v) is 30.8. The first-order valence-corrected chi connectivity index (χ1v) is 20.2. The van der Waals surface area contributed by atoms with Crippen molar-refractivity contribution < 1.29 is 35.3 Å². The lowest BCUT2D eigenvalue weighted by Crippen LogP contribution is -2.28. The van der Waals surface area contributed by atoms with Gasteiger partial charge in [0, 0.05) is 29.1 Å². The molecule has 0 unspecified atom stereocenters. The third-order valence-corrected chi connectivity index (χ3v) is 8.93. The number of rotatable bonds is 18. The van der Waals surface area contributed by atoms with Crippen molar-refractivity contribution >= 4 is 42.6 Å². The Bertz CT molecular complexity index is 1830. The number of nitrogens with one attached hydrogen (secondary N) is 1. The molecular weight excluding hydrogens is 665 g/mol. The molecule has 0 aliphatic heterocycles. The van der Waals surface area contributed by atoms with Crippen molar-refractivity contribution in [1.29, 1.82) is 0 Å². The Morgan fingerprint density at radius 1 is 0.878 bits per heavy atom. The number of carbonyl (C=O) groups excluding carboxylic acids is 1. The molecule has 10 nitrogen and oxygen atoms in total. The normalized spacial score (nSPS) is 11.8. The number of hydrogen-bond acceptors (Lipinski definition) is 8. The second-order valence-electron chi connectivity index (χ2n) is 12.4. The highest BCUT2D eigenvalue weighted by Gasteiger charge is 2.24. The van der Waals surface area contributed by atoms with E-state index in [1.807, 2.05) is 26.0 Å². The van der Waals surface area contributed by atoms with Gasteiger partial charge in [-0.15, -0.1) is 0 Å². The number of nitrogens with zero attached hydrogens (tertiary/aromatic N) is 1. The summed E-state index contributed by atoms with van der Waals surface area (Å²) in [6, 6.07) is 20.7. The van der Waals surface area contributed by atoms with Crippen molar-refractivity contribution in [3.05, 3.63) is 95.2 Å². The van der Waals surface area contributed by atoms with Crippen LogP contribution in [0.5, 0.6) is 5.75 Å². The number of ether oxygens (including phenoxy) is 1. The van der Waals surface area contributed by atoms with E-state index < -0.39 is 20.1 Å². The SMILES string of the molecule is CCCCN(CCCC)CCCOc1ccc(C(=O)c2c(C(C)C)oc3ccc(NS(C)(=O)=O)cc23)cc1.O=S(=O)(O)Cc1ccccc1. The van der Waals surface area contributed by atoms with Gasteiger partial charge in [0.15, 0.2) is 5.78 Å². The summed E-state index contributed by atoms with van der Waals surface area (Å²) >= 11 is 0. The van der Waals surface area contributed by atoms with E-state index in [-0.39, 0.29) is 17.5 Å². The molecule has 0 radical (unpaired) electrons. The van der Waals surface area contributed by atoms with Crippen LogP contribution in [0.3, 0.4) is 0 Å². The van der Waals surface area contributed by atoms with Gasteiger partial charge < -0.3 is 14.1 Å². The van der Waals surface area contributed by atoms with Crippen LogP contribution in [-0.2, 0) is 25.9 Å². The monoisotopic (exact) mass is 714 g/mol. The van der Waals surface area contributed by atoms with Gasteiger partial charge in [-0.1, -0.05) is 70.9 Å². The van der Waals surface area contributed by atoms with E-state index in [1.54, 1.807) is 60.7 Å². The molecule has 0 fully saturated rings. The van der Waals surface area contributed by atoms with Gasteiger partial charge in [-0.25, -0.2) is 8.42 Å². The number of hydrogen-bond donors (Lipinski definition) is 2. The Labute approximate surface area is 291 Å². The first-order chi connectivity index (χ1) is 23.2. The first kappa shape index (κ1) is 39.7. The minimum absolute atomic E-state index is 0.0236. The highest BCUT2D eigenvalue weighted by atomic mass is 32.2. The van der Waals surface area contributed by atoms with E-state index >= 15 is 0 Å². The van der Waals surface area contributed by atoms with Gasteiger partial charge in [-0.05, 0) is 80.4 Å². The number of ketones is 1. The summed E-state index contributed by atoms with van der Waals surface area (Å²) in [6.07, 6.45) is 6.90. The molecule has 0 atom stereocenters. The quantitative estimate of drug-likeness (QED) is 0.0597. The summed E-state index contributed by atoms with van der Waals surface area (Å²) in [7, 11) is -7.33. The van der Waals surface area contributed by atoms with Crippen molar-refractivity contribution in [2.24, 2.45) is 0 Å². The third-order valence-electron chi connectivity index (χ3n) is 7.62. The number of carbonyl (C=O) groups is 1. The van der Waals surface area contributed by atoms with Crippen molar-refractivity contribution in [1.82, 2.24) is 4.90 Å². The lowest BCUT2D eigenvalue weighted by atomic mass is 9.96. The fourth-order valence-corrected chi connectivity index (χ4v) is 6.41. The van der Waals surface area contributed by atoms with E-state index in [0.29, 0.717) is 45.7 Å². The van der Waals surface area contributed by atoms with E-state index in [4.69, 9.17) is 13.7 Å². The lowest BCUT2D eigenvalue weighted by Gasteiger charge is -2.21. The fraction of sp³-hybridized carbons (Fsp3) is 0.432. The van der Waals surface area contributed by atoms with Crippen LogP contribution in [0.15, 0.2) is 77.2 Å². The number of sulfonamides is 1. The highest BCUT2D eigenvalue weighted by molar-refractivity contribution is 7.92. The number of anilines is 1. The molecule has 0 aliphatic rings. The smallest absolute Gasteiger partial charge is 0.269 e. The number of unbranched alkanes of at least 4 members (excludes halogenated alkanes) is 2. The molecule has 3 aromatic carbocycles. The molecular formula is C37H50N2O8S2. The molecule has 49 heavy (non-hydrogen) atoms. The highest BCUT2D eigenvalue weighted by Crippen LogP contribution is 2.34. The number of fused-ring (bicyclic) bond motifs is 1. The summed E-state index contributed by atoms with van der Waals surface area (Å²) in [5.74, 6) is 0.810. The van der Waals surface area contributed by atoms with Crippen molar-refractivity contribution in [3.8, 4) is 5.75 Å². The Morgan fingerprint density at radius 3 is 2.04 bits per heavy atom. The van der Waals surface area contributed by atoms with Crippen LogP contribution in [-0.4, -0.2) is 64.6 Å². The van der Waals surface area contributed by atoms with E-state index in [9.17, 15) is 21.6 Å². The summed E-state index contributed by atoms with van der Waals surface area (Å²) in [5, 5.41) is 0.586. The number of benzene rings is 3. The average Bonchev–Trinajstić information content (AvgIpc) is 3.42. The molecule has 12 heteroatoms. The van der Waals surface area contributed by atoms with Crippen molar-refractivity contribution in [2.75, 3.05) is 37.2 Å². The molecule has 1 heterocycles. The van der Waals surface area contributed by atoms with Crippen LogP contribution in [0.4, 0.5) is 5.69 Å². The van der Waals surface area contributed by atoms with Gasteiger partial charge in [0.05, 0.1) is 18.4 Å². The Hall–Kier alpha value is -3.71. The summed E-state index contributed by atoms with van der Waals surface area (Å²) in [6.45, 7) is 12.3. The Balaban J connectivity index is 0.000000501. The molecule has 0 saturated carbocycles. The third kappa shape index (κ3) is 13.6. The summed E-state index contributed by atoms with van der Waals surface area (Å²) in [5.41, 5.74) is 2.50. The van der Waals surface area contributed by atoms with Crippen LogP contribution in [0.2, 0.25) is 0 Å². The molecule has 0 saturated heterocycles. The Morgan fingerprint density at radius 2 is 1.49 bits per heavy atom. The van der Waals surface area contributed by atoms with Gasteiger partial charge in [0.25, 0.3) is 10.1 Å². The fourth-order valence-electron chi connectivity index (χ4n) is 5.24. The van der Waals surface area contributed by atoms with Crippen LogP contribution < -0.4 is 9.46 Å². The second kappa shape index (κ2) is 18.9. The Kier molecular flexibility index (Phi) is 15.3. The van der Waals surface area contributed by atoms with Gasteiger partial charge in [-0.3, -0.25) is 14.1 Å². The molecule has 1 aromatic heterocycles. The van der Waals surface area contributed by atoms with E-state index in [0.717, 1.165) is 38.1 Å². The first-order valence-electron chi connectivity index (χ1n) is 16.7. The molecule has 4 aromatic rings. The molecule has 0 bridgehead atoms. The minimum Gasteiger partial charge on any atom is -0.494 e. The van der Waals surface area contributed by atoms with E-state index in [1.165, 1.54) is 25.7 Å². The topological polar surface area (TPSA) is 143 Å². The van der Waals surface area contributed by atoms with Gasteiger partial charge in [-0.2, -0.15) is 8.42 Å². The zero-order valence-electron chi connectivity index (χ0n) is 29.1. The van der Waals surface area contributed by atoms with Crippen LogP contribution in [0.25, 0.3) is 11.0 Å². The van der Waals surface area contributed by atoms with Crippen LogP contribution in [0.1, 0.15) is 93.0 Å². The van der Waals surface area contributed by atoms with Gasteiger partial charge in [0.1, 0.15) is 22.8 Å². The van der Waals surface area contributed by atoms with Crippen LogP contribution in [0, 0.1) is 0 Å². The molecule has 2 N–H and O–H groups in total. The molecule has 0 amide bonds. The maximum atomic E-state index is 13.6. The second-order valence-corrected chi connectivity index (χ2v) is 15.6. The molecule has 4 rings (SSSR count). The van der Waals surface area contributed by atoms with Gasteiger partial charge >= 0.3 is 0 Å². The van der Waals surface area contributed by atoms with Gasteiger partial charge in [0.2, 0.25) is 10.0 Å². The summed E-state index contributed by atoms with van der Waals surface area (Å²) < 4.78 is 67.0. The average molecular weight is 715 g/mol. The minimum atomic E-state index is -3.88. The largest absolute Gasteiger partial charge is 0.494 e.